The zero-order chi connectivity index (χ0) is 12.5. The summed E-state index contributed by atoms with van der Waals surface area (Å²) in [4.78, 5) is 8.50. The van der Waals surface area contributed by atoms with Gasteiger partial charge in [0, 0.05) is 18.4 Å². The normalized spacial score (nSPS) is 17.7. The van der Waals surface area contributed by atoms with E-state index >= 15 is 0 Å². The summed E-state index contributed by atoms with van der Waals surface area (Å²) >= 11 is 0. The minimum atomic E-state index is -3.03. The van der Waals surface area contributed by atoms with Crippen LogP contribution in [0.25, 0.3) is 0 Å². The van der Waals surface area contributed by atoms with Crippen molar-refractivity contribution in [1.29, 1.82) is 0 Å². The number of hydrogen-bond acceptors (Lipinski definition) is 6. The van der Waals surface area contributed by atoms with Crippen molar-refractivity contribution in [2.24, 2.45) is 5.73 Å². The number of hydrogen-bond donors (Lipinski definition) is 2. The van der Waals surface area contributed by atoms with E-state index in [1.807, 2.05) is 0 Å². The maximum absolute atomic E-state index is 11.5. The lowest BCUT2D eigenvalue weighted by molar-refractivity contribution is 0.590. The van der Waals surface area contributed by atoms with Crippen LogP contribution in [0, 0.1) is 0 Å². The molecule has 0 saturated heterocycles. The van der Waals surface area contributed by atoms with E-state index in [0.717, 1.165) is 12.1 Å². The minimum Gasteiger partial charge on any atom is -0.383 e. The van der Waals surface area contributed by atoms with Crippen LogP contribution < -0.4 is 11.5 Å². The Labute approximate surface area is 100 Å². The summed E-state index contributed by atoms with van der Waals surface area (Å²) in [6, 6.07) is 0. The fourth-order valence-corrected chi connectivity index (χ4v) is 3.29. The van der Waals surface area contributed by atoms with Crippen LogP contribution in [0.2, 0.25) is 0 Å². The first-order chi connectivity index (χ1) is 8.02. The Balaban J connectivity index is 2.33. The highest BCUT2D eigenvalue weighted by Gasteiger charge is 2.25. The van der Waals surface area contributed by atoms with Crippen molar-refractivity contribution in [1.82, 2.24) is 9.97 Å². The van der Waals surface area contributed by atoms with Gasteiger partial charge in [-0.1, -0.05) is 0 Å². The van der Waals surface area contributed by atoms with Gasteiger partial charge in [0.1, 0.15) is 11.6 Å². The van der Waals surface area contributed by atoms with Crippen LogP contribution in [0.1, 0.15) is 23.5 Å². The first kappa shape index (κ1) is 12.3. The van der Waals surface area contributed by atoms with Crippen LogP contribution >= 0.6 is 0 Å². The topological polar surface area (TPSA) is 112 Å². The van der Waals surface area contributed by atoms with Crippen molar-refractivity contribution < 1.29 is 8.42 Å². The summed E-state index contributed by atoms with van der Waals surface area (Å²) in [5.74, 6) is 1.06. The second kappa shape index (κ2) is 4.58. The Morgan fingerprint density at radius 1 is 1.29 bits per heavy atom. The smallest absolute Gasteiger partial charge is 0.155 e. The van der Waals surface area contributed by atoms with Crippen molar-refractivity contribution in [2.75, 3.05) is 18.0 Å². The van der Waals surface area contributed by atoms with E-state index in [0.29, 0.717) is 36.6 Å². The van der Waals surface area contributed by atoms with E-state index in [9.17, 15) is 8.42 Å². The zero-order valence-corrected chi connectivity index (χ0v) is 10.3. The van der Waals surface area contributed by atoms with Gasteiger partial charge in [-0.15, -0.1) is 0 Å². The zero-order valence-electron chi connectivity index (χ0n) is 9.52. The molecule has 1 aromatic rings. The van der Waals surface area contributed by atoms with Gasteiger partial charge in [0.25, 0.3) is 0 Å². The third-order valence-corrected chi connectivity index (χ3v) is 4.34. The minimum absolute atomic E-state index is 0.0364. The molecule has 6 nitrogen and oxygen atoms in total. The Bertz CT molecular complexity index is 527. The summed E-state index contributed by atoms with van der Waals surface area (Å²) in [5.41, 5.74) is 12.6. The molecule has 94 valence electrons. The summed E-state index contributed by atoms with van der Waals surface area (Å²) < 4.78 is 23.0. The quantitative estimate of drug-likeness (QED) is 0.748. The van der Waals surface area contributed by atoms with Crippen molar-refractivity contribution in [3.8, 4) is 0 Å². The first-order valence-electron chi connectivity index (χ1n) is 5.56. The van der Waals surface area contributed by atoms with Crippen LogP contribution in [0.15, 0.2) is 0 Å². The highest BCUT2D eigenvalue weighted by atomic mass is 32.2. The predicted octanol–water partition coefficient (Wildman–Crippen LogP) is -0.579. The summed E-state index contributed by atoms with van der Waals surface area (Å²) in [6.45, 7) is 0.578. The average molecular weight is 256 g/mol. The lowest BCUT2D eigenvalue weighted by Crippen LogP contribution is -2.23. The molecule has 4 N–H and O–H groups in total. The molecule has 0 fully saturated rings. The number of nitrogen functional groups attached to an aromatic ring is 1. The van der Waals surface area contributed by atoms with Crippen LogP contribution in [-0.4, -0.2) is 30.7 Å². The average Bonchev–Trinajstić information content (AvgIpc) is 2.27. The van der Waals surface area contributed by atoms with Gasteiger partial charge in [0.05, 0.1) is 17.2 Å². The van der Waals surface area contributed by atoms with E-state index in [1.165, 1.54) is 0 Å². The maximum atomic E-state index is 11.5. The SMILES string of the molecule is NCCCc1nc(N)c2c(n1)CCS(=O)(=O)C2. The molecule has 0 spiro atoms. The Hall–Kier alpha value is -1.21. The molecule has 2 heterocycles. The van der Waals surface area contributed by atoms with Gasteiger partial charge in [-0.25, -0.2) is 18.4 Å². The summed E-state index contributed by atoms with van der Waals surface area (Å²) in [5, 5.41) is 0. The van der Waals surface area contributed by atoms with Crippen molar-refractivity contribution in [3.05, 3.63) is 17.1 Å². The molecule has 0 amide bonds. The number of rotatable bonds is 3. The highest BCUT2D eigenvalue weighted by Crippen LogP contribution is 2.23. The van der Waals surface area contributed by atoms with Crippen LogP contribution in [0.4, 0.5) is 5.82 Å². The lowest BCUT2D eigenvalue weighted by Gasteiger charge is -2.17. The Morgan fingerprint density at radius 3 is 2.76 bits per heavy atom. The molecule has 0 saturated carbocycles. The van der Waals surface area contributed by atoms with E-state index in [1.54, 1.807) is 0 Å². The van der Waals surface area contributed by atoms with Gasteiger partial charge < -0.3 is 11.5 Å². The monoisotopic (exact) mass is 256 g/mol. The molecule has 17 heavy (non-hydrogen) atoms. The van der Waals surface area contributed by atoms with Crippen LogP contribution in [0.3, 0.4) is 0 Å². The second-order valence-corrected chi connectivity index (χ2v) is 6.37. The van der Waals surface area contributed by atoms with Crippen molar-refractivity contribution in [3.63, 3.8) is 0 Å². The molecule has 1 aliphatic rings. The fourth-order valence-electron chi connectivity index (χ4n) is 1.88. The molecule has 0 bridgehead atoms. The molecular formula is C10H16N4O2S. The van der Waals surface area contributed by atoms with E-state index < -0.39 is 9.84 Å². The van der Waals surface area contributed by atoms with E-state index in [2.05, 4.69) is 9.97 Å². The number of nitrogens with two attached hydrogens (primary N) is 2. The molecular weight excluding hydrogens is 240 g/mol. The van der Waals surface area contributed by atoms with Crippen molar-refractivity contribution >= 4 is 15.7 Å². The van der Waals surface area contributed by atoms with Gasteiger partial charge in [-0.05, 0) is 13.0 Å². The molecule has 1 aromatic heterocycles. The number of aryl methyl sites for hydroxylation is 2. The number of nitrogens with zero attached hydrogens (tertiary/aromatic N) is 2. The highest BCUT2D eigenvalue weighted by molar-refractivity contribution is 7.90. The standard InChI is InChI=1S/C10H16N4O2S/c11-4-1-2-9-13-8-3-5-17(15,16)6-7(8)10(12)14-9/h1-6,11H2,(H2,12,13,14). The largest absolute Gasteiger partial charge is 0.383 e. The molecule has 0 aromatic carbocycles. The molecule has 2 rings (SSSR count). The second-order valence-electron chi connectivity index (χ2n) is 4.18. The Kier molecular flexibility index (Phi) is 3.30. The van der Waals surface area contributed by atoms with Crippen LogP contribution in [0.5, 0.6) is 0 Å². The maximum Gasteiger partial charge on any atom is 0.155 e. The van der Waals surface area contributed by atoms with E-state index in [-0.39, 0.29) is 11.5 Å². The van der Waals surface area contributed by atoms with Gasteiger partial charge in [-0.3, -0.25) is 0 Å². The fraction of sp³-hybridized carbons (Fsp3) is 0.600. The number of aromatic nitrogens is 2. The third kappa shape index (κ3) is 2.73. The lowest BCUT2D eigenvalue weighted by atomic mass is 10.1. The first-order valence-corrected chi connectivity index (χ1v) is 7.38. The third-order valence-electron chi connectivity index (χ3n) is 2.79. The number of fused-ring (bicyclic) bond motifs is 1. The number of anilines is 1. The van der Waals surface area contributed by atoms with Crippen LogP contribution in [-0.2, 0) is 28.4 Å². The van der Waals surface area contributed by atoms with Crippen molar-refractivity contribution in [2.45, 2.75) is 25.0 Å². The van der Waals surface area contributed by atoms with Gasteiger partial charge in [0.15, 0.2) is 9.84 Å². The molecule has 0 atom stereocenters. The molecule has 7 heteroatoms. The summed E-state index contributed by atoms with van der Waals surface area (Å²) in [6.07, 6.45) is 1.91. The van der Waals surface area contributed by atoms with Gasteiger partial charge in [-0.2, -0.15) is 0 Å². The molecule has 1 aliphatic heterocycles. The predicted molar refractivity (Wildman–Crippen MR) is 65.0 cm³/mol. The number of sulfone groups is 1. The van der Waals surface area contributed by atoms with E-state index in [4.69, 9.17) is 11.5 Å². The molecule has 0 aliphatic carbocycles. The Morgan fingerprint density at radius 2 is 2.06 bits per heavy atom. The van der Waals surface area contributed by atoms with Gasteiger partial charge in [0.2, 0.25) is 0 Å². The summed E-state index contributed by atoms with van der Waals surface area (Å²) in [7, 11) is -3.03. The molecule has 0 unspecified atom stereocenters. The molecule has 0 radical (unpaired) electrons. The van der Waals surface area contributed by atoms with Gasteiger partial charge >= 0.3 is 0 Å².